The van der Waals surface area contributed by atoms with Crippen molar-refractivity contribution in [1.29, 1.82) is 0 Å². The third-order valence-corrected chi connectivity index (χ3v) is 5.38. The Morgan fingerprint density at radius 1 is 0.957 bits per heavy atom. The fourth-order valence-electron chi connectivity index (χ4n) is 3.24. The van der Waals surface area contributed by atoms with E-state index in [9.17, 15) is 4.79 Å². The molecule has 0 unspecified atom stereocenters. The maximum atomic E-state index is 13.0. The number of carbonyl (C=O) groups is 1. The summed E-state index contributed by atoms with van der Waals surface area (Å²) in [4.78, 5) is 14.1. The Morgan fingerprint density at radius 2 is 1.70 bits per heavy atom. The maximum absolute atomic E-state index is 13.0. The average Bonchev–Trinajstić information content (AvgIpc) is 3.11. The van der Waals surface area contributed by atoms with Crippen molar-refractivity contribution in [3.63, 3.8) is 0 Å². The second kappa shape index (κ2) is 5.64. The lowest BCUT2D eigenvalue weighted by atomic mass is 9.89. The van der Waals surface area contributed by atoms with E-state index in [0.29, 0.717) is 0 Å². The van der Waals surface area contributed by atoms with E-state index in [1.54, 1.807) is 11.3 Å². The molecule has 1 atom stereocenters. The van der Waals surface area contributed by atoms with Crippen LogP contribution in [-0.2, 0) is 0 Å². The first kappa shape index (κ1) is 14.2. The normalized spacial score (nSPS) is 18.4. The lowest BCUT2D eigenvalue weighted by Gasteiger charge is -2.13. The number of ketones is 1. The summed E-state index contributed by atoms with van der Waals surface area (Å²) in [5.74, 6) is 0.184. The topological polar surface area (TPSA) is 17.1 Å². The first-order valence-electron chi connectivity index (χ1n) is 7.70. The largest absolute Gasteiger partial charge is 0.289 e. The quantitative estimate of drug-likeness (QED) is 0.573. The summed E-state index contributed by atoms with van der Waals surface area (Å²) in [6.45, 7) is 2.09. The van der Waals surface area contributed by atoms with E-state index >= 15 is 0 Å². The zero-order valence-electron chi connectivity index (χ0n) is 12.8. The van der Waals surface area contributed by atoms with E-state index in [0.717, 1.165) is 16.7 Å². The minimum absolute atomic E-state index is 0.0291. The molecule has 0 bridgehead atoms. The number of Topliss-reactive ketones (excluding diaryl/α,β-unsaturated/α-hetero) is 1. The number of allylic oxidation sites excluding steroid dienone is 1. The standard InChI is InChI=1S/C21H16OS/c1-14-11-12-23-19(14)13-18-20(15-7-3-2-4-8-15)16-9-5-6-10-17(16)21(18)22/h2-13,20H,1H3/b18-13+/t20-/m0/s1. The van der Waals surface area contributed by atoms with Gasteiger partial charge in [-0.05, 0) is 41.1 Å². The number of hydrogen-bond acceptors (Lipinski definition) is 2. The van der Waals surface area contributed by atoms with Crippen molar-refractivity contribution in [3.8, 4) is 0 Å². The highest BCUT2D eigenvalue weighted by Gasteiger charge is 2.35. The summed E-state index contributed by atoms with van der Waals surface area (Å²) in [6, 6.07) is 20.4. The smallest absolute Gasteiger partial charge is 0.190 e. The molecule has 1 heterocycles. The first-order valence-corrected chi connectivity index (χ1v) is 8.58. The van der Waals surface area contributed by atoms with Crippen molar-refractivity contribution in [1.82, 2.24) is 0 Å². The van der Waals surface area contributed by atoms with E-state index in [2.05, 4.69) is 42.6 Å². The third-order valence-electron chi connectivity index (χ3n) is 4.41. The van der Waals surface area contributed by atoms with Gasteiger partial charge in [-0.25, -0.2) is 0 Å². The summed E-state index contributed by atoms with van der Waals surface area (Å²) in [5, 5.41) is 2.08. The molecule has 4 rings (SSSR count). The Bertz CT molecular complexity index is 902. The third kappa shape index (κ3) is 2.36. The fourth-order valence-corrected chi connectivity index (χ4v) is 4.10. The maximum Gasteiger partial charge on any atom is 0.190 e. The summed E-state index contributed by atoms with van der Waals surface area (Å²) in [7, 11) is 0. The van der Waals surface area contributed by atoms with Crippen molar-refractivity contribution in [3.05, 3.63) is 98.7 Å². The predicted molar refractivity (Wildman–Crippen MR) is 96.1 cm³/mol. The van der Waals surface area contributed by atoms with Crippen molar-refractivity contribution in [2.45, 2.75) is 12.8 Å². The fraction of sp³-hybridized carbons (Fsp3) is 0.0952. The lowest BCUT2D eigenvalue weighted by Crippen LogP contribution is -2.02. The summed E-state index contributed by atoms with van der Waals surface area (Å²) < 4.78 is 0. The van der Waals surface area contributed by atoms with Crippen LogP contribution in [0.4, 0.5) is 0 Å². The van der Waals surface area contributed by atoms with Gasteiger partial charge < -0.3 is 0 Å². The number of thiophene rings is 1. The number of carbonyl (C=O) groups excluding carboxylic acids is 1. The molecular formula is C21H16OS. The molecule has 1 aliphatic carbocycles. The first-order chi connectivity index (χ1) is 11.3. The van der Waals surface area contributed by atoms with E-state index in [1.165, 1.54) is 16.0 Å². The Kier molecular flexibility index (Phi) is 3.47. The van der Waals surface area contributed by atoms with Crippen molar-refractivity contribution < 1.29 is 4.79 Å². The molecule has 0 amide bonds. The van der Waals surface area contributed by atoms with Crippen LogP contribution in [0.25, 0.3) is 6.08 Å². The highest BCUT2D eigenvalue weighted by molar-refractivity contribution is 7.11. The van der Waals surface area contributed by atoms with Gasteiger partial charge in [-0.3, -0.25) is 4.79 Å². The van der Waals surface area contributed by atoms with Gasteiger partial charge in [-0.2, -0.15) is 0 Å². The van der Waals surface area contributed by atoms with Gasteiger partial charge in [0.1, 0.15) is 0 Å². The molecule has 0 saturated heterocycles. The summed E-state index contributed by atoms with van der Waals surface area (Å²) in [6.07, 6.45) is 2.08. The molecule has 23 heavy (non-hydrogen) atoms. The molecule has 0 aliphatic heterocycles. The minimum Gasteiger partial charge on any atom is -0.289 e. The van der Waals surface area contributed by atoms with Gasteiger partial charge in [0, 0.05) is 21.9 Å². The van der Waals surface area contributed by atoms with E-state index in [4.69, 9.17) is 0 Å². The van der Waals surface area contributed by atoms with Gasteiger partial charge in [-0.15, -0.1) is 11.3 Å². The molecule has 112 valence electrons. The second-order valence-corrected chi connectivity index (χ2v) is 6.78. The Labute approximate surface area is 139 Å². The van der Waals surface area contributed by atoms with Crippen LogP contribution in [0.15, 0.2) is 71.6 Å². The highest BCUT2D eigenvalue weighted by Crippen LogP contribution is 2.43. The van der Waals surface area contributed by atoms with Crippen LogP contribution >= 0.6 is 11.3 Å². The van der Waals surface area contributed by atoms with E-state index < -0.39 is 0 Å². The lowest BCUT2D eigenvalue weighted by molar-refractivity contribution is 0.103. The van der Waals surface area contributed by atoms with Gasteiger partial charge in [0.25, 0.3) is 0 Å². The zero-order chi connectivity index (χ0) is 15.8. The average molecular weight is 316 g/mol. The summed E-state index contributed by atoms with van der Waals surface area (Å²) in [5.41, 5.74) is 5.22. The van der Waals surface area contributed by atoms with Crippen LogP contribution in [0, 0.1) is 6.92 Å². The van der Waals surface area contributed by atoms with E-state index in [-0.39, 0.29) is 11.7 Å². The summed E-state index contributed by atoms with van der Waals surface area (Å²) >= 11 is 1.69. The SMILES string of the molecule is Cc1ccsc1/C=C1/C(=O)c2ccccc2[C@@H]1c1ccccc1. The van der Waals surface area contributed by atoms with Crippen LogP contribution < -0.4 is 0 Å². The van der Waals surface area contributed by atoms with Crippen molar-refractivity contribution >= 4 is 23.2 Å². The Balaban J connectivity index is 1.93. The molecule has 3 aromatic rings. The highest BCUT2D eigenvalue weighted by atomic mass is 32.1. The Morgan fingerprint density at radius 3 is 2.43 bits per heavy atom. The molecule has 0 N–H and O–H groups in total. The van der Waals surface area contributed by atoms with Gasteiger partial charge in [0.2, 0.25) is 0 Å². The van der Waals surface area contributed by atoms with Gasteiger partial charge in [0.05, 0.1) is 0 Å². The zero-order valence-corrected chi connectivity index (χ0v) is 13.6. The van der Waals surface area contributed by atoms with Gasteiger partial charge in [0.15, 0.2) is 5.78 Å². The predicted octanol–water partition coefficient (Wildman–Crippen LogP) is 5.47. The van der Waals surface area contributed by atoms with Crippen LogP contribution in [0.2, 0.25) is 0 Å². The molecule has 0 spiro atoms. The van der Waals surface area contributed by atoms with Gasteiger partial charge in [-0.1, -0.05) is 54.6 Å². The number of benzene rings is 2. The number of aryl methyl sites for hydroxylation is 1. The van der Waals surface area contributed by atoms with Gasteiger partial charge >= 0.3 is 0 Å². The molecule has 0 radical (unpaired) electrons. The molecule has 2 aromatic carbocycles. The molecule has 0 saturated carbocycles. The van der Waals surface area contributed by atoms with Crippen molar-refractivity contribution in [2.75, 3.05) is 0 Å². The van der Waals surface area contributed by atoms with Crippen LogP contribution in [0.3, 0.4) is 0 Å². The van der Waals surface area contributed by atoms with Crippen molar-refractivity contribution in [2.24, 2.45) is 0 Å². The van der Waals surface area contributed by atoms with Crippen LogP contribution in [0.5, 0.6) is 0 Å². The molecule has 1 aromatic heterocycles. The molecule has 1 nitrogen and oxygen atoms in total. The second-order valence-electron chi connectivity index (χ2n) is 5.83. The molecular weight excluding hydrogens is 300 g/mol. The van der Waals surface area contributed by atoms with Crippen LogP contribution in [0.1, 0.15) is 37.8 Å². The number of fused-ring (bicyclic) bond motifs is 1. The molecule has 0 fully saturated rings. The minimum atomic E-state index is 0.0291. The number of hydrogen-bond donors (Lipinski definition) is 0. The Hall–Kier alpha value is -2.45. The van der Waals surface area contributed by atoms with E-state index in [1.807, 2.05) is 36.4 Å². The monoisotopic (exact) mass is 316 g/mol. The molecule has 1 aliphatic rings. The van der Waals surface area contributed by atoms with Crippen LogP contribution in [-0.4, -0.2) is 5.78 Å². The molecule has 2 heteroatoms. The number of rotatable bonds is 2.